The monoisotopic (exact) mass is 166 g/mol. The SMILES string of the molecule is CCCc1oc(C=O)cc1CC. The maximum absolute atomic E-state index is 10.4. The van der Waals surface area contributed by atoms with Crippen molar-refractivity contribution >= 4 is 6.29 Å². The van der Waals surface area contributed by atoms with E-state index in [0.717, 1.165) is 31.3 Å². The molecule has 0 aliphatic carbocycles. The molecule has 12 heavy (non-hydrogen) atoms. The van der Waals surface area contributed by atoms with Gasteiger partial charge in [0, 0.05) is 6.42 Å². The predicted octanol–water partition coefficient (Wildman–Crippen LogP) is 2.61. The Balaban J connectivity index is 2.91. The summed E-state index contributed by atoms with van der Waals surface area (Å²) in [5, 5.41) is 0. The quantitative estimate of drug-likeness (QED) is 0.643. The molecule has 1 heterocycles. The van der Waals surface area contributed by atoms with Crippen molar-refractivity contribution in [2.75, 3.05) is 0 Å². The normalized spacial score (nSPS) is 10.2. The van der Waals surface area contributed by atoms with E-state index in [4.69, 9.17) is 4.42 Å². The molecule has 0 aromatic carbocycles. The first-order chi connectivity index (χ1) is 5.81. The Morgan fingerprint density at radius 2 is 2.25 bits per heavy atom. The average molecular weight is 166 g/mol. The summed E-state index contributed by atoms with van der Waals surface area (Å²) in [5.74, 6) is 1.43. The lowest BCUT2D eigenvalue weighted by Crippen LogP contribution is -1.85. The van der Waals surface area contributed by atoms with Crippen LogP contribution in [0.4, 0.5) is 0 Å². The van der Waals surface area contributed by atoms with E-state index >= 15 is 0 Å². The van der Waals surface area contributed by atoms with Crippen molar-refractivity contribution in [3.8, 4) is 0 Å². The molecule has 1 rings (SSSR count). The molecule has 0 unspecified atom stereocenters. The minimum absolute atomic E-state index is 0.454. The Morgan fingerprint density at radius 3 is 2.75 bits per heavy atom. The number of carbonyl (C=O) groups is 1. The standard InChI is InChI=1S/C10H14O2/c1-3-5-10-8(4-2)6-9(7-11)12-10/h6-7H,3-5H2,1-2H3. The molecule has 66 valence electrons. The minimum Gasteiger partial charge on any atom is -0.458 e. The van der Waals surface area contributed by atoms with Crippen molar-refractivity contribution in [2.45, 2.75) is 33.1 Å². The zero-order valence-corrected chi connectivity index (χ0v) is 7.59. The van der Waals surface area contributed by atoms with E-state index in [1.165, 1.54) is 5.56 Å². The van der Waals surface area contributed by atoms with E-state index in [1.54, 1.807) is 0 Å². The summed E-state index contributed by atoms with van der Waals surface area (Å²) in [6.07, 6.45) is 3.68. The summed E-state index contributed by atoms with van der Waals surface area (Å²) in [4.78, 5) is 10.4. The van der Waals surface area contributed by atoms with E-state index in [2.05, 4.69) is 13.8 Å². The highest BCUT2D eigenvalue weighted by Crippen LogP contribution is 2.16. The molecule has 0 bridgehead atoms. The average Bonchev–Trinajstić information content (AvgIpc) is 2.48. The predicted molar refractivity (Wildman–Crippen MR) is 47.5 cm³/mol. The van der Waals surface area contributed by atoms with Crippen LogP contribution in [0.3, 0.4) is 0 Å². The van der Waals surface area contributed by atoms with Crippen LogP contribution < -0.4 is 0 Å². The third-order valence-electron chi connectivity index (χ3n) is 1.89. The van der Waals surface area contributed by atoms with Gasteiger partial charge in [0.05, 0.1) is 0 Å². The first-order valence-corrected chi connectivity index (χ1v) is 4.38. The molecule has 0 N–H and O–H groups in total. The van der Waals surface area contributed by atoms with Gasteiger partial charge in [0.1, 0.15) is 5.76 Å². The van der Waals surface area contributed by atoms with Crippen LogP contribution in [0.1, 0.15) is 42.1 Å². The van der Waals surface area contributed by atoms with E-state index in [0.29, 0.717) is 5.76 Å². The molecule has 0 saturated carbocycles. The van der Waals surface area contributed by atoms with Gasteiger partial charge >= 0.3 is 0 Å². The number of hydrogen-bond acceptors (Lipinski definition) is 2. The molecule has 0 aliphatic rings. The van der Waals surface area contributed by atoms with E-state index in [-0.39, 0.29) is 0 Å². The number of aldehydes is 1. The number of furan rings is 1. The molecule has 1 aromatic heterocycles. The van der Waals surface area contributed by atoms with Crippen LogP contribution in [-0.4, -0.2) is 6.29 Å². The number of hydrogen-bond donors (Lipinski definition) is 0. The van der Waals surface area contributed by atoms with Crippen molar-refractivity contribution in [1.82, 2.24) is 0 Å². The van der Waals surface area contributed by atoms with Crippen LogP contribution in [-0.2, 0) is 12.8 Å². The van der Waals surface area contributed by atoms with Gasteiger partial charge in [-0.05, 0) is 24.5 Å². The van der Waals surface area contributed by atoms with E-state index < -0.39 is 0 Å². The van der Waals surface area contributed by atoms with Crippen LogP contribution in [0.2, 0.25) is 0 Å². The summed E-state index contributed by atoms with van der Waals surface area (Å²) in [6, 6.07) is 1.83. The summed E-state index contributed by atoms with van der Waals surface area (Å²) in [6.45, 7) is 4.17. The Labute approximate surface area is 72.6 Å². The molecule has 0 fully saturated rings. The Morgan fingerprint density at radius 1 is 1.50 bits per heavy atom. The first kappa shape index (κ1) is 9.04. The Kier molecular flexibility index (Phi) is 3.09. The van der Waals surface area contributed by atoms with Crippen LogP contribution >= 0.6 is 0 Å². The molecule has 0 aliphatic heterocycles. The van der Waals surface area contributed by atoms with Crippen LogP contribution in [0.5, 0.6) is 0 Å². The second-order valence-electron chi connectivity index (χ2n) is 2.82. The van der Waals surface area contributed by atoms with Gasteiger partial charge in [-0.2, -0.15) is 0 Å². The molecule has 0 amide bonds. The molecule has 0 saturated heterocycles. The summed E-state index contributed by atoms with van der Waals surface area (Å²) in [7, 11) is 0. The number of carbonyl (C=O) groups excluding carboxylic acids is 1. The van der Waals surface area contributed by atoms with Gasteiger partial charge in [-0.25, -0.2) is 0 Å². The zero-order chi connectivity index (χ0) is 8.97. The lowest BCUT2D eigenvalue weighted by molar-refractivity contribution is 0.109. The second-order valence-corrected chi connectivity index (χ2v) is 2.82. The van der Waals surface area contributed by atoms with E-state index in [1.807, 2.05) is 6.07 Å². The molecule has 0 atom stereocenters. The highest BCUT2D eigenvalue weighted by Gasteiger charge is 2.07. The molecule has 1 aromatic rings. The van der Waals surface area contributed by atoms with Gasteiger partial charge < -0.3 is 4.42 Å². The third kappa shape index (κ3) is 1.76. The van der Waals surface area contributed by atoms with Crippen molar-refractivity contribution < 1.29 is 9.21 Å². The number of rotatable bonds is 4. The topological polar surface area (TPSA) is 30.2 Å². The Hall–Kier alpha value is -1.05. The van der Waals surface area contributed by atoms with Crippen LogP contribution in [0.15, 0.2) is 10.5 Å². The molecular formula is C10H14O2. The van der Waals surface area contributed by atoms with Crippen molar-refractivity contribution in [3.63, 3.8) is 0 Å². The fourth-order valence-corrected chi connectivity index (χ4v) is 1.29. The van der Waals surface area contributed by atoms with Gasteiger partial charge in [0.15, 0.2) is 12.0 Å². The maximum Gasteiger partial charge on any atom is 0.185 e. The highest BCUT2D eigenvalue weighted by atomic mass is 16.3. The third-order valence-corrected chi connectivity index (χ3v) is 1.89. The molecular weight excluding hydrogens is 152 g/mol. The summed E-state index contributed by atoms with van der Waals surface area (Å²) >= 11 is 0. The second kappa shape index (κ2) is 4.10. The number of aryl methyl sites for hydroxylation is 2. The first-order valence-electron chi connectivity index (χ1n) is 4.38. The van der Waals surface area contributed by atoms with Crippen molar-refractivity contribution in [1.29, 1.82) is 0 Å². The Bertz CT molecular complexity index is 261. The fraction of sp³-hybridized carbons (Fsp3) is 0.500. The van der Waals surface area contributed by atoms with Gasteiger partial charge in [-0.3, -0.25) is 4.79 Å². The molecule has 0 spiro atoms. The molecule has 2 heteroatoms. The smallest absolute Gasteiger partial charge is 0.185 e. The lowest BCUT2D eigenvalue weighted by atomic mass is 10.1. The van der Waals surface area contributed by atoms with Crippen molar-refractivity contribution in [2.24, 2.45) is 0 Å². The fourth-order valence-electron chi connectivity index (χ4n) is 1.29. The maximum atomic E-state index is 10.4. The molecule has 2 nitrogen and oxygen atoms in total. The van der Waals surface area contributed by atoms with Gasteiger partial charge in [-0.1, -0.05) is 13.8 Å². The van der Waals surface area contributed by atoms with Crippen LogP contribution in [0, 0.1) is 0 Å². The van der Waals surface area contributed by atoms with Gasteiger partial charge in [0.25, 0.3) is 0 Å². The summed E-state index contributed by atoms with van der Waals surface area (Å²) < 4.78 is 5.33. The minimum atomic E-state index is 0.454. The summed E-state index contributed by atoms with van der Waals surface area (Å²) in [5.41, 5.74) is 1.17. The van der Waals surface area contributed by atoms with E-state index in [9.17, 15) is 4.79 Å². The van der Waals surface area contributed by atoms with Gasteiger partial charge in [0.2, 0.25) is 0 Å². The largest absolute Gasteiger partial charge is 0.458 e. The zero-order valence-electron chi connectivity index (χ0n) is 7.59. The highest BCUT2D eigenvalue weighted by molar-refractivity contribution is 5.71. The lowest BCUT2D eigenvalue weighted by Gasteiger charge is -1.95. The van der Waals surface area contributed by atoms with Crippen LogP contribution in [0.25, 0.3) is 0 Å². The van der Waals surface area contributed by atoms with Crippen molar-refractivity contribution in [3.05, 3.63) is 23.2 Å². The van der Waals surface area contributed by atoms with Gasteiger partial charge in [-0.15, -0.1) is 0 Å². The molecule has 0 radical (unpaired) electrons.